The van der Waals surface area contributed by atoms with E-state index in [0.29, 0.717) is 30.3 Å². The zero-order valence-electron chi connectivity index (χ0n) is 17.8. The minimum Gasteiger partial charge on any atom is -0.314 e. The first kappa shape index (κ1) is 22.0. The van der Waals surface area contributed by atoms with Gasteiger partial charge in [0.2, 0.25) is 11.9 Å². The normalized spacial score (nSPS) is 19.7. The topological polar surface area (TPSA) is 94.2 Å². The Labute approximate surface area is 176 Å². The van der Waals surface area contributed by atoms with Crippen molar-refractivity contribution in [3.63, 3.8) is 0 Å². The molecule has 2 atom stereocenters. The third kappa shape index (κ3) is 6.13. The van der Waals surface area contributed by atoms with E-state index in [0.717, 1.165) is 37.1 Å². The van der Waals surface area contributed by atoms with Crippen molar-refractivity contribution in [2.45, 2.75) is 46.1 Å². The van der Waals surface area contributed by atoms with E-state index >= 15 is 0 Å². The van der Waals surface area contributed by atoms with E-state index in [1.807, 2.05) is 6.07 Å². The Morgan fingerprint density at radius 1 is 1.33 bits per heavy atom. The van der Waals surface area contributed by atoms with E-state index in [2.05, 4.69) is 51.9 Å². The SMILES string of the molecule is CCC1CC(C(=O)NC(=NCC(C)C)Nc2cc(-c3ccc(F)cc3)[nH]n2)CCN1. The van der Waals surface area contributed by atoms with E-state index in [9.17, 15) is 9.18 Å². The number of hydrogen-bond acceptors (Lipinski definition) is 4. The number of guanidine groups is 1. The summed E-state index contributed by atoms with van der Waals surface area (Å²) in [6.07, 6.45) is 2.66. The number of carbonyl (C=O) groups is 1. The molecule has 1 aromatic heterocycles. The molecule has 0 aliphatic carbocycles. The lowest BCUT2D eigenvalue weighted by Gasteiger charge is -2.29. The molecule has 1 amide bonds. The predicted molar refractivity (Wildman–Crippen MR) is 118 cm³/mol. The smallest absolute Gasteiger partial charge is 0.229 e. The molecular formula is C22H31FN6O. The molecule has 1 aliphatic rings. The fraction of sp³-hybridized carbons (Fsp3) is 0.500. The van der Waals surface area contributed by atoms with Crippen molar-refractivity contribution < 1.29 is 9.18 Å². The van der Waals surface area contributed by atoms with Gasteiger partial charge in [0, 0.05) is 24.6 Å². The molecule has 162 valence electrons. The summed E-state index contributed by atoms with van der Waals surface area (Å²) in [5.41, 5.74) is 1.57. The summed E-state index contributed by atoms with van der Waals surface area (Å²) in [4.78, 5) is 17.4. The summed E-state index contributed by atoms with van der Waals surface area (Å²) in [5, 5.41) is 16.7. The molecule has 0 saturated carbocycles. The average Bonchev–Trinajstić information content (AvgIpc) is 3.21. The van der Waals surface area contributed by atoms with Gasteiger partial charge >= 0.3 is 0 Å². The maximum atomic E-state index is 13.2. The molecule has 8 heteroatoms. The highest BCUT2D eigenvalue weighted by atomic mass is 19.1. The number of aliphatic imine (C=N–C) groups is 1. The summed E-state index contributed by atoms with van der Waals surface area (Å²) in [6, 6.07) is 8.36. The molecule has 0 spiro atoms. The van der Waals surface area contributed by atoms with Crippen LogP contribution < -0.4 is 16.0 Å². The van der Waals surface area contributed by atoms with Crippen LogP contribution in [0.5, 0.6) is 0 Å². The van der Waals surface area contributed by atoms with Gasteiger partial charge in [-0.25, -0.2) is 4.39 Å². The van der Waals surface area contributed by atoms with Gasteiger partial charge in [-0.1, -0.05) is 20.8 Å². The molecule has 1 aromatic carbocycles. The number of aromatic nitrogens is 2. The molecule has 0 bridgehead atoms. The molecule has 1 aliphatic heterocycles. The van der Waals surface area contributed by atoms with Gasteiger partial charge in [0.15, 0.2) is 5.82 Å². The average molecular weight is 415 g/mol. The summed E-state index contributed by atoms with van der Waals surface area (Å²) in [6.45, 7) is 7.71. The predicted octanol–water partition coefficient (Wildman–Crippen LogP) is 3.53. The summed E-state index contributed by atoms with van der Waals surface area (Å²) in [7, 11) is 0. The van der Waals surface area contributed by atoms with Crippen LogP contribution >= 0.6 is 0 Å². The quantitative estimate of drug-likeness (QED) is 0.430. The van der Waals surface area contributed by atoms with Crippen molar-refractivity contribution in [3.8, 4) is 11.3 Å². The van der Waals surface area contributed by atoms with Crippen LogP contribution in [0.15, 0.2) is 35.3 Å². The van der Waals surface area contributed by atoms with E-state index < -0.39 is 0 Å². The number of hydrogen-bond donors (Lipinski definition) is 4. The Morgan fingerprint density at radius 2 is 2.10 bits per heavy atom. The van der Waals surface area contributed by atoms with Crippen LogP contribution in [0.2, 0.25) is 0 Å². The first-order valence-electron chi connectivity index (χ1n) is 10.6. The fourth-order valence-electron chi connectivity index (χ4n) is 3.44. The third-order valence-corrected chi connectivity index (χ3v) is 5.19. The first-order valence-corrected chi connectivity index (χ1v) is 10.6. The Bertz CT molecular complexity index is 861. The number of aromatic amines is 1. The Kier molecular flexibility index (Phi) is 7.57. The monoisotopic (exact) mass is 414 g/mol. The highest BCUT2D eigenvalue weighted by molar-refractivity contribution is 6.04. The number of amides is 1. The lowest BCUT2D eigenvalue weighted by Crippen LogP contribution is -2.46. The Morgan fingerprint density at radius 3 is 2.80 bits per heavy atom. The van der Waals surface area contributed by atoms with Crippen molar-refractivity contribution in [1.29, 1.82) is 0 Å². The number of carbonyl (C=O) groups excluding carboxylic acids is 1. The fourth-order valence-corrected chi connectivity index (χ4v) is 3.44. The number of anilines is 1. The second-order valence-electron chi connectivity index (χ2n) is 8.15. The number of benzene rings is 1. The summed E-state index contributed by atoms with van der Waals surface area (Å²) < 4.78 is 13.2. The molecule has 30 heavy (non-hydrogen) atoms. The number of halogens is 1. The van der Waals surface area contributed by atoms with Gasteiger partial charge < -0.3 is 10.6 Å². The summed E-state index contributed by atoms with van der Waals surface area (Å²) in [5.74, 6) is 0.962. The molecular weight excluding hydrogens is 383 g/mol. The molecule has 1 saturated heterocycles. The largest absolute Gasteiger partial charge is 0.314 e. The molecule has 2 heterocycles. The molecule has 2 unspecified atom stereocenters. The lowest BCUT2D eigenvalue weighted by molar-refractivity contribution is -0.124. The zero-order valence-corrected chi connectivity index (χ0v) is 17.8. The van der Waals surface area contributed by atoms with Crippen LogP contribution in [0.25, 0.3) is 11.3 Å². The van der Waals surface area contributed by atoms with Crippen molar-refractivity contribution in [2.75, 3.05) is 18.4 Å². The highest BCUT2D eigenvalue weighted by Crippen LogP contribution is 2.21. The third-order valence-electron chi connectivity index (χ3n) is 5.19. The zero-order chi connectivity index (χ0) is 21.5. The molecule has 7 nitrogen and oxygen atoms in total. The standard InChI is InChI=1S/C22H31FN6O/c1-4-18-11-16(9-10-24-18)21(30)27-22(25-13-14(2)3)26-20-12-19(28-29-20)15-5-7-17(23)8-6-15/h5-8,12,14,16,18,24H,4,9-11,13H2,1-3H3,(H3,25,26,27,28,29,30). The van der Waals surface area contributed by atoms with Crippen LogP contribution in [0.1, 0.15) is 40.0 Å². The number of H-pyrrole nitrogens is 1. The molecule has 1 fully saturated rings. The van der Waals surface area contributed by atoms with Gasteiger partial charge in [-0.2, -0.15) is 5.10 Å². The maximum absolute atomic E-state index is 13.2. The van der Waals surface area contributed by atoms with Crippen molar-refractivity contribution in [1.82, 2.24) is 20.8 Å². The minimum atomic E-state index is -0.286. The lowest BCUT2D eigenvalue weighted by atomic mass is 9.90. The van der Waals surface area contributed by atoms with Crippen LogP contribution in [-0.2, 0) is 4.79 Å². The van der Waals surface area contributed by atoms with Gasteiger partial charge in [0.1, 0.15) is 5.82 Å². The molecule has 0 radical (unpaired) electrons. The van der Waals surface area contributed by atoms with Crippen molar-refractivity contribution in [2.24, 2.45) is 16.8 Å². The van der Waals surface area contributed by atoms with Gasteiger partial charge in [-0.05, 0) is 61.6 Å². The van der Waals surface area contributed by atoms with Crippen molar-refractivity contribution >= 4 is 17.7 Å². The highest BCUT2D eigenvalue weighted by Gasteiger charge is 2.26. The first-order chi connectivity index (χ1) is 14.4. The van der Waals surface area contributed by atoms with Gasteiger partial charge in [-0.15, -0.1) is 0 Å². The van der Waals surface area contributed by atoms with Crippen molar-refractivity contribution in [3.05, 3.63) is 36.1 Å². The number of piperidine rings is 1. The van der Waals surface area contributed by atoms with Gasteiger partial charge in [-0.3, -0.25) is 20.2 Å². The summed E-state index contributed by atoms with van der Waals surface area (Å²) >= 11 is 0. The number of nitrogens with zero attached hydrogens (tertiary/aromatic N) is 2. The van der Waals surface area contributed by atoms with E-state index in [1.54, 1.807) is 12.1 Å². The maximum Gasteiger partial charge on any atom is 0.229 e. The van der Waals surface area contributed by atoms with E-state index in [1.165, 1.54) is 12.1 Å². The van der Waals surface area contributed by atoms with Crippen LogP contribution in [0.3, 0.4) is 0 Å². The second kappa shape index (κ2) is 10.3. The van der Waals surface area contributed by atoms with Gasteiger partial charge in [0.05, 0.1) is 5.69 Å². The van der Waals surface area contributed by atoms with E-state index in [-0.39, 0.29) is 17.6 Å². The second-order valence-corrected chi connectivity index (χ2v) is 8.15. The molecule has 2 aromatic rings. The number of nitrogens with one attached hydrogen (secondary N) is 4. The number of rotatable bonds is 6. The van der Waals surface area contributed by atoms with E-state index in [4.69, 9.17) is 0 Å². The minimum absolute atomic E-state index is 0.0146. The van der Waals surface area contributed by atoms with Gasteiger partial charge in [0.25, 0.3) is 0 Å². The van der Waals surface area contributed by atoms with Crippen LogP contribution in [0.4, 0.5) is 10.2 Å². The van der Waals surface area contributed by atoms with Crippen LogP contribution in [0, 0.1) is 17.7 Å². The molecule has 4 N–H and O–H groups in total. The van der Waals surface area contributed by atoms with Crippen LogP contribution in [-0.4, -0.2) is 41.2 Å². The Balaban J connectivity index is 1.69. The Hall–Kier alpha value is -2.74. The molecule has 3 rings (SSSR count).